The SMILES string of the molecule is C=CC=C1C=Nc2ccccc21. The van der Waals surface area contributed by atoms with Crippen LogP contribution in [0.2, 0.25) is 0 Å². The van der Waals surface area contributed by atoms with Gasteiger partial charge < -0.3 is 0 Å². The summed E-state index contributed by atoms with van der Waals surface area (Å²) in [7, 11) is 0. The Morgan fingerprint density at radius 1 is 1.25 bits per heavy atom. The van der Waals surface area contributed by atoms with E-state index in [0.717, 1.165) is 11.3 Å². The van der Waals surface area contributed by atoms with E-state index in [4.69, 9.17) is 0 Å². The molecule has 1 nitrogen and oxygen atoms in total. The van der Waals surface area contributed by atoms with E-state index in [-0.39, 0.29) is 0 Å². The summed E-state index contributed by atoms with van der Waals surface area (Å²) >= 11 is 0. The van der Waals surface area contributed by atoms with Crippen molar-refractivity contribution in [2.24, 2.45) is 4.99 Å². The lowest BCUT2D eigenvalue weighted by Crippen LogP contribution is -1.76. The molecule has 1 aliphatic rings. The number of hydrogen-bond donors (Lipinski definition) is 0. The number of nitrogens with zero attached hydrogens (tertiary/aromatic N) is 1. The van der Waals surface area contributed by atoms with Crippen LogP contribution in [0.25, 0.3) is 5.57 Å². The van der Waals surface area contributed by atoms with E-state index in [0.29, 0.717) is 0 Å². The second-order valence-electron chi connectivity index (χ2n) is 2.63. The van der Waals surface area contributed by atoms with Crippen LogP contribution in [-0.4, -0.2) is 6.21 Å². The third-order valence-electron chi connectivity index (χ3n) is 1.86. The predicted octanol–water partition coefficient (Wildman–Crippen LogP) is 2.97. The van der Waals surface area contributed by atoms with E-state index in [2.05, 4.69) is 17.6 Å². The summed E-state index contributed by atoms with van der Waals surface area (Å²) in [5.41, 5.74) is 3.38. The average Bonchev–Trinajstić information content (AvgIpc) is 2.50. The predicted molar refractivity (Wildman–Crippen MR) is 52.8 cm³/mol. The zero-order valence-electron chi connectivity index (χ0n) is 6.70. The maximum Gasteiger partial charge on any atom is 0.0708 e. The number of benzene rings is 1. The first-order valence-corrected chi connectivity index (χ1v) is 3.88. The molecule has 0 saturated carbocycles. The van der Waals surface area contributed by atoms with Crippen molar-refractivity contribution in [3.8, 4) is 0 Å². The van der Waals surface area contributed by atoms with Crippen LogP contribution in [0.5, 0.6) is 0 Å². The minimum atomic E-state index is 1.05. The number of hydrogen-bond acceptors (Lipinski definition) is 1. The Hall–Kier alpha value is -1.63. The van der Waals surface area contributed by atoms with Gasteiger partial charge in [0.2, 0.25) is 0 Å². The summed E-state index contributed by atoms with van der Waals surface area (Å²) in [5.74, 6) is 0. The molecule has 58 valence electrons. The Kier molecular flexibility index (Phi) is 1.63. The quantitative estimate of drug-likeness (QED) is 0.591. The molecular formula is C11H9N. The molecule has 0 spiro atoms. The Morgan fingerprint density at radius 3 is 2.92 bits per heavy atom. The largest absolute Gasteiger partial charge is 0.256 e. The van der Waals surface area contributed by atoms with Gasteiger partial charge in [0.15, 0.2) is 0 Å². The van der Waals surface area contributed by atoms with Gasteiger partial charge in [0.05, 0.1) is 5.69 Å². The second-order valence-corrected chi connectivity index (χ2v) is 2.63. The number of para-hydroxylation sites is 1. The maximum absolute atomic E-state index is 4.26. The summed E-state index contributed by atoms with van der Waals surface area (Å²) in [6.07, 6.45) is 5.62. The van der Waals surface area contributed by atoms with E-state index in [1.807, 2.05) is 30.5 Å². The van der Waals surface area contributed by atoms with Gasteiger partial charge in [-0.2, -0.15) is 0 Å². The molecular weight excluding hydrogens is 146 g/mol. The topological polar surface area (TPSA) is 12.4 Å². The normalized spacial score (nSPS) is 16.5. The third-order valence-corrected chi connectivity index (χ3v) is 1.86. The monoisotopic (exact) mass is 155 g/mol. The molecule has 2 rings (SSSR count). The fraction of sp³-hybridized carbons (Fsp3) is 0. The third kappa shape index (κ3) is 0.996. The minimum absolute atomic E-state index is 1.05. The highest BCUT2D eigenvalue weighted by atomic mass is 14.7. The smallest absolute Gasteiger partial charge is 0.0708 e. The van der Waals surface area contributed by atoms with Crippen LogP contribution in [0.1, 0.15) is 5.56 Å². The van der Waals surface area contributed by atoms with Crippen LogP contribution >= 0.6 is 0 Å². The van der Waals surface area contributed by atoms with E-state index in [9.17, 15) is 0 Å². The lowest BCUT2D eigenvalue weighted by atomic mass is 10.1. The molecule has 1 heterocycles. The van der Waals surface area contributed by atoms with Gasteiger partial charge in [-0.05, 0) is 6.07 Å². The van der Waals surface area contributed by atoms with Crippen molar-refractivity contribution < 1.29 is 0 Å². The lowest BCUT2D eigenvalue weighted by molar-refractivity contribution is 1.55. The van der Waals surface area contributed by atoms with Gasteiger partial charge in [0.1, 0.15) is 0 Å². The van der Waals surface area contributed by atoms with Crippen molar-refractivity contribution in [1.29, 1.82) is 0 Å². The first-order chi connectivity index (χ1) is 5.92. The van der Waals surface area contributed by atoms with Crippen LogP contribution in [0.15, 0.2) is 48.0 Å². The molecule has 0 bridgehead atoms. The fourth-order valence-corrected chi connectivity index (χ4v) is 1.30. The average molecular weight is 155 g/mol. The summed E-state index contributed by atoms with van der Waals surface area (Å²) < 4.78 is 0. The Bertz CT molecular complexity index is 372. The van der Waals surface area contributed by atoms with Gasteiger partial charge in [-0.25, -0.2) is 0 Å². The second kappa shape index (κ2) is 2.78. The van der Waals surface area contributed by atoms with Crippen molar-refractivity contribution in [2.75, 3.05) is 0 Å². The summed E-state index contributed by atoms with van der Waals surface area (Å²) in [6.45, 7) is 3.66. The molecule has 0 aromatic heterocycles. The number of rotatable bonds is 1. The molecule has 1 aliphatic heterocycles. The molecule has 0 unspecified atom stereocenters. The van der Waals surface area contributed by atoms with Crippen LogP contribution in [0, 0.1) is 0 Å². The van der Waals surface area contributed by atoms with Crippen LogP contribution in [0.3, 0.4) is 0 Å². The zero-order chi connectivity index (χ0) is 8.39. The molecule has 0 N–H and O–H groups in total. The lowest BCUT2D eigenvalue weighted by Gasteiger charge is -1.95. The van der Waals surface area contributed by atoms with Gasteiger partial charge in [-0.15, -0.1) is 0 Å². The Labute approximate surface area is 71.8 Å². The summed E-state index contributed by atoms with van der Waals surface area (Å²) in [4.78, 5) is 4.26. The van der Waals surface area contributed by atoms with Crippen LogP contribution in [-0.2, 0) is 0 Å². The summed E-state index contributed by atoms with van der Waals surface area (Å²) in [5, 5.41) is 0. The van der Waals surface area contributed by atoms with Crippen molar-refractivity contribution in [1.82, 2.24) is 0 Å². The molecule has 0 fully saturated rings. The number of allylic oxidation sites excluding steroid dienone is 3. The first kappa shape index (κ1) is 7.04. The van der Waals surface area contributed by atoms with Gasteiger partial charge in [-0.1, -0.05) is 36.9 Å². The van der Waals surface area contributed by atoms with E-state index >= 15 is 0 Å². The maximum atomic E-state index is 4.26. The van der Waals surface area contributed by atoms with Crippen molar-refractivity contribution in [3.63, 3.8) is 0 Å². The highest BCUT2D eigenvalue weighted by molar-refractivity contribution is 6.16. The number of fused-ring (bicyclic) bond motifs is 1. The number of aliphatic imine (C=N–C) groups is 1. The summed E-state index contributed by atoms with van der Waals surface area (Å²) in [6, 6.07) is 8.09. The van der Waals surface area contributed by atoms with Crippen LogP contribution in [0.4, 0.5) is 5.69 Å². The van der Waals surface area contributed by atoms with Crippen molar-refractivity contribution in [2.45, 2.75) is 0 Å². The van der Waals surface area contributed by atoms with E-state index in [1.54, 1.807) is 6.08 Å². The van der Waals surface area contributed by atoms with Gasteiger partial charge >= 0.3 is 0 Å². The highest BCUT2D eigenvalue weighted by Gasteiger charge is 2.08. The molecule has 1 aromatic carbocycles. The van der Waals surface area contributed by atoms with E-state index in [1.165, 1.54) is 5.56 Å². The molecule has 0 amide bonds. The Balaban J connectivity index is 2.56. The Morgan fingerprint density at radius 2 is 2.08 bits per heavy atom. The van der Waals surface area contributed by atoms with E-state index < -0.39 is 0 Å². The standard InChI is InChI=1S/C11H9N/c1-2-5-9-8-12-11-7-4-3-6-10(9)11/h2-8H,1H2. The van der Waals surface area contributed by atoms with Gasteiger partial charge in [-0.3, -0.25) is 4.99 Å². The van der Waals surface area contributed by atoms with Gasteiger partial charge in [0, 0.05) is 17.4 Å². The molecule has 0 atom stereocenters. The van der Waals surface area contributed by atoms with Gasteiger partial charge in [0.25, 0.3) is 0 Å². The highest BCUT2D eigenvalue weighted by Crippen LogP contribution is 2.30. The molecule has 1 heteroatoms. The zero-order valence-corrected chi connectivity index (χ0v) is 6.70. The minimum Gasteiger partial charge on any atom is -0.256 e. The fourth-order valence-electron chi connectivity index (χ4n) is 1.30. The molecule has 12 heavy (non-hydrogen) atoms. The first-order valence-electron chi connectivity index (χ1n) is 3.88. The van der Waals surface area contributed by atoms with Crippen molar-refractivity contribution >= 4 is 17.5 Å². The molecule has 0 saturated heterocycles. The molecule has 1 aromatic rings. The molecule has 0 radical (unpaired) electrons. The molecule has 0 aliphatic carbocycles. The van der Waals surface area contributed by atoms with Crippen LogP contribution < -0.4 is 0 Å². The van der Waals surface area contributed by atoms with Crippen molar-refractivity contribution in [3.05, 3.63) is 48.6 Å².